The molecule has 0 saturated carbocycles. The molecule has 0 bridgehead atoms. The Kier molecular flexibility index (Phi) is 7.10. The molecule has 0 atom stereocenters. The van der Waals surface area contributed by atoms with E-state index in [0.29, 0.717) is 0 Å². The van der Waals surface area contributed by atoms with Crippen LogP contribution in [0.5, 0.6) is 0 Å². The third kappa shape index (κ3) is 5.31. The van der Waals surface area contributed by atoms with Crippen LogP contribution >= 0.6 is 0 Å². The number of aromatic nitrogens is 2. The highest BCUT2D eigenvalue weighted by Crippen LogP contribution is 2.12. The van der Waals surface area contributed by atoms with Crippen molar-refractivity contribution >= 4 is 11.6 Å². The normalized spacial score (nSPS) is 10.4. The number of rotatable bonds is 9. The van der Waals surface area contributed by atoms with Gasteiger partial charge in [0.15, 0.2) is 0 Å². The Hall–Kier alpha value is -1.36. The van der Waals surface area contributed by atoms with Gasteiger partial charge in [-0.2, -0.15) is 0 Å². The molecule has 1 rings (SSSR count). The van der Waals surface area contributed by atoms with Crippen molar-refractivity contribution in [2.24, 2.45) is 0 Å². The second-order valence-corrected chi connectivity index (χ2v) is 4.24. The van der Waals surface area contributed by atoms with Gasteiger partial charge in [0.05, 0.1) is 0 Å². The smallest absolute Gasteiger partial charge is 0.133 e. The molecule has 0 aliphatic rings. The number of nitrogens with one attached hydrogen (secondary N) is 2. The predicted octanol–water partition coefficient (Wildman–Crippen LogP) is 2.05. The predicted molar refractivity (Wildman–Crippen MR) is 75.0 cm³/mol. The minimum atomic E-state index is 0.195. The third-order valence-corrected chi connectivity index (χ3v) is 2.44. The van der Waals surface area contributed by atoms with Crippen LogP contribution in [0, 0.1) is 0 Å². The maximum atomic E-state index is 8.77. The molecule has 0 aliphatic carbocycles. The van der Waals surface area contributed by atoms with E-state index in [0.717, 1.165) is 56.2 Å². The molecule has 0 radical (unpaired) electrons. The van der Waals surface area contributed by atoms with Gasteiger partial charge >= 0.3 is 0 Å². The van der Waals surface area contributed by atoms with Crippen molar-refractivity contribution in [2.45, 2.75) is 39.5 Å². The fourth-order valence-corrected chi connectivity index (χ4v) is 1.56. The van der Waals surface area contributed by atoms with E-state index in [-0.39, 0.29) is 6.61 Å². The molecule has 102 valence electrons. The van der Waals surface area contributed by atoms with Crippen molar-refractivity contribution in [1.29, 1.82) is 0 Å². The maximum absolute atomic E-state index is 8.77. The summed E-state index contributed by atoms with van der Waals surface area (Å²) < 4.78 is 0. The van der Waals surface area contributed by atoms with Gasteiger partial charge < -0.3 is 15.7 Å². The van der Waals surface area contributed by atoms with Crippen LogP contribution in [0.3, 0.4) is 0 Å². The molecule has 0 spiro atoms. The van der Waals surface area contributed by atoms with Gasteiger partial charge in [-0.15, -0.1) is 0 Å². The molecule has 5 heteroatoms. The summed E-state index contributed by atoms with van der Waals surface area (Å²) in [6.07, 6.45) is 3.72. The van der Waals surface area contributed by atoms with Gasteiger partial charge in [0.25, 0.3) is 0 Å². The van der Waals surface area contributed by atoms with Gasteiger partial charge in [-0.05, 0) is 19.3 Å². The third-order valence-electron chi connectivity index (χ3n) is 2.44. The van der Waals surface area contributed by atoms with E-state index in [2.05, 4.69) is 34.4 Å². The first-order chi connectivity index (χ1) is 8.80. The molecule has 0 amide bonds. The molecule has 1 aromatic rings. The van der Waals surface area contributed by atoms with Crippen molar-refractivity contribution in [2.75, 3.05) is 30.3 Å². The topological polar surface area (TPSA) is 70.1 Å². The number of aliphatic hydroxyl groups is 1. The molecule has 0 unspecified atom stereocenters. The molecule has 0 aliphatic heterocycles. The van der Waals surface area contributed by atoms with Gasteiger partial charge in [0.1, 0.15) is 17.5 Å². The molecule has 1 aromatic heterocycles. The first-order valence-electron chi connectivity index (χ1n) is 6.76. The van der Waals surface area contributed by atoms with Crippen molar-refractivity contribution in [3.05, 3.63) is 11.9 Å². The lowest BCUT2D eigenvalue weighted by molar-refractivity contribution is 0.292. The second-order valence-electron chi connectivity index (χ2n) is 4.24. The lowest BCUT2D eigenvalue weighted by Crippen LogP contribution is -2.10. The zero-order valence-electron chi connectivity index (χ0n) is 11.4. The first kappa shape index (κ1) is 14.7. The van der Waals surface area contributed by atoms with Crippen molar-refractivity contribution in [1.82, 2.24) is 9.97 Å². The molecular weight excluding hydrogens is 228 g/mol. The minimum Gasteiger partial charge on any atom is -0.396 e. The molecule has 1 heterocycles. The van der Waals surface area contributed by atoms with E-state index in [1.165, 1.54) is 0 Å². The van der Waals surface area contributed by atoms with Crippen LogP contribution in [0.25, 0.3) is 0 Å². The van der Waals surface area contributed by atoms with Crippen LogP contribution < -0.4 is 10.6 Å². The second kappa shape index (κ2) is 8.69. The van der Waals surface area contributed by atoms with Crippen molar-refractivity contribution in [3.8, 4) is 0 Å². The SMILES string of the molecule is CCCNc1cc(NCCCO)nc(CCC)n1. The summed E-state index contributed by atoms with van der Waals surface area (Å²) in [6, 6.07) is 1.92. The van der Waals surface area contributed by atoms with Gasteiger partial charge in [0.2, 0.25) is 0 Å². The summed E-state index contributed by atoms with van der Waals surface area (Å²) in [7, 11) is 0. The Morgan fingerprint density at radius 1 is 1.06 bits per heavy atom. The van der Waals surface area contributed by atoms with Crippen LogP contribution in [0.4, 0.5) is 11.6 Å². The zero-order chi connectivity index (χ0) is 13.2. The van der Waals surface area contributed by atoms with E-state index in [1.807, 2.05) is 6.07 Å². The minimum absolute atomic E-state index is 0.195. The summed E-state index contributed by atoms with van der Waals surface area (Å²) in [6.45, 7) is 6.09. The molecule has 0 fully saturated rings. The molecule has 0 aromatic carbocycles. The van der Waals surface area contributed by atoms with E-state index in [1.54, 1.807) is 0 Å². The highest BCUT2D eigenvalue weighted by atomic mass is 16.3. The molecule has 18 heavy (non-hydrogen) atoms. The highest BCUT2D eigenvalue weighted by molar-refractivity contribution is 5.47. The van der Waals surface area contributed by atoms with Gasteiger partial charge in [-0.1, -0.05) is 13.8 Å². The summed E-state index contributed by atoms with van der Waals surface area (Å²) in [5.41, 5.74) is 0. The summed E-state index contributed by atoms with van der Waals surface area (Å²) in [5.74, 6) is 2.58. The fourth-order valence-electron chi connectivity index (χ4n) is 1.56. The van der Waals surface area contributed by atoms with Crippen molar-refractivity contribution < 1.29 is 5.11 Å². The molecule has 5 nitrogen and oxygen atoms in total. The first-order valence-corrected chi connectivity index (χ1v) is 6.76. The monoisotopic (exact) mass is 252 g/mol. The van der Waals surface area contributed by atoms with E-state index < -0.39 is 0 Å². The maximum Gasteiger partial charge on any atom is 0.133 e. The largest absolute Gasteiger partial charge is 0.396 e. The Balaban J connectivity index is 2.70. The van der Waals surface area contributed by atoms with Crippen LogP contribution in [-0.2, 0) is 6.42 Å². The number of aliphatic hydroxyl groups excluding tert-OH is 1. The molecular formula is C13H24N4O. The summed E-state index contributed by atoms with van der Waals surface area (Å²) >= 11 is 0. The van der Waals surface area contributed by atoms with E-state index >= 15 is 0 Å². The summed E-state index contributed by atoms with van der Waals surface area (Å²) in [4.78, 5) is 8.94. The van der Waals surface area contributed by atoms with Crippen LogP contribution in [-0.4, -0.2) is 34.8 Å². The van der Waals surface area contributed by atoms with Gasteiger partial charge in [0, 0.05) is 32.2 Å². The zero-order valence-corrected chi connectivity index (χ0v) is 11.4. The Labute approximate surface area is 109 Å². The van der Waals surface area contributed by atoms with Gasteiger partial charge in [-0.3, -0.25) is 0 Å². The van der Waals surface area contributed by atoms with Crippen LogP contribution in [0.15, 0.2) is 6.07 Å². The summed E-state index contributed by atoms with van der Waals surface area (Å²) in [5, 5.41) is 15.3. The number of hydrogen-bond donors (Lipinski definition) is 3. The van der Waals surface area contributed by atoms with Crippen LogP contribution in [0.1, 0.15) is 38.9 Å². The Morgan fingerprint density at radius 3 is 2.28 bits per heavy atom. The lowest BCUT2D eigenvalue weighted by Gasteiger charge is -2.10. The number of anilines is 2. The molecule has 0 saturated heterocycles. The lowest BCUT2D eigenvalue weighted by atomic mass is 10.3. The fraction of sp³-hybridized carbons (Fsp3) is 0.692. The molecule has 3 N–H and O–H groups in total. The van der Waals surface area contributed by atoms with E-state index in [4.69, 9.17) is 5.11 Å². The highest BCUT2D eigenvalue weighted by Gasteiger charge is 2.03. The Morgan fingerprint density at radius 2 is 1.72 bits per heavy atom. The van der Waals surface area contributed by atoms with E-state index in [9.17, 15) is 0 Å². The standard InChI is InChI=1S/C13H24N4O/c1-3-6-11-16-12(14-7-4-2)10-13(17-11)15-8-5-9-18/h10,18H,3-9H2,1-2H3,(H2,14,15,16,17). The quantitative estimate of drug-likeness (QED) is 0.587. The Bertz CT molecular complexity index is 344. The van der Waals surface area contributed by atoms with Gasteiger partial charge in [-0.25, -0.2) is 9.97 Å². The average molecular weight is 252 g/mol. The average Bonchev–Trinajstić information content (AvgIpc) is 2.37. The van der Waals surface area contributed by atoms with Crippen molar-refractivity contribution in [3.63, 3.8) is 0 Å². The number of hydrogen-bond acceptors (Lipinski definition) is 5. The van der Waals surface area contributed by atoms with Crippen LogP contribution in [0.2, 0.25) is 0 Å². The number of nitrogens with zero attached hydrogens (tertiary/aromatic N) is 2. The number of aryl methyl sites for hydroxylation is 1.